The molecule has 1 aromatic carbocycles. The molecule has 32 heavy (non-hydrogen) atoms. The Kier molecular flexibility index (Phi) is 5.77. The lowest BCUT2D eigenvalue weighted by Gasteiger charge is -2.47. The lowest BCUT2D eigenvalue weighted by Crippen LogP contribution is -2.59. The van der Waals surface area contributed by atoms with E-state index in [0.29, 0.717) is 37.2 Å². The van der Waals surface area contributed by atoms with Crippen LogP contribution in [0.25, 0.3) is 0 Å². The number of aryl methyl sites for hydroxylation is 1. The second kappa shape index (κ2) is 8.14. The third kappa shape index (κ3) is 4.12. The Morgan fingerprint density at radius 2 is 1.88 bits per heavy atom. The minimum absolute atomic E-state index is 0.0516. The van der Waals surface area contributed by atoms with Crippen molar-refractivity contribution >= 4 is 5.91 Å². The second-order valence-corrected chi connectivity index (χ2v) is 9.28. The second-order valence-electron chi connectivity index (χ2n) is 9.28. The van der Waals surface area contributed by atoms with E-state index >= 15 is 0 Å². The summed E-state index contributed by atoms with van der Waals surface area (Å²) in [5.41, 5.74) is 1.02. The third-order valence-corrected chi connectivity index (χ3v) is 6.43. The highest BCUT2D eigenvalue weighted by atomic mass is 19.4. The quantitative estimate of drug-likeness (QED) is 0.737. The van der Waals surface area contributed by atoms with Crippen LogP contribution in [0.4, 0.5) is 13.2 Å². The van der Waals surface area contributed by atoms with E-state index in [0.717, 1.165) is 11.3 Å². The van der Waals surface area contributed by atoms with Crippen molar-refractivity contribution in [3.8, 4) is 5.75 Å². The summed E-state index contributed by atoms with van der Waals surface area (Å²) in [7, 11) is 0. The standard InChI is InChI=1S/C24H30F3N3O2/c1-15(2)32-19-6-5-18(13-16(19)3)22(31)29-11-9-23(10-12-29)20-7-8-21(24(25,26)27)30(20)14-17(4)28-23/h5-8,13,15,17,28H,9-12,14H2,1-4H3/t17-/m0/s1. The molecule has 0 saturated carbocycles. The van der Waals surface area contributed by atoms with Gasteiger partial charge < -0.3 is 19.5 Å². The van der Waals surface area contributed by atoms with Gasteiger partial charge in [0.05, 0.1) is 11.6 Å². The number of alkyl halides is 3. The Bertz CT molecular complexity index is 1000. The van der Waals surface area contributed by atoms with Gasteiger partial charge in [-0.25, -0.2) is 0 Å². The maximum absolute atomic E-state index is 13.5. The summed E-state index contributed by atoms with van der Waals surface area (Å²) < 4.78 is 47.6. The van der Waals surface area contributed by atoms with E-state index in [1.807, 2.05) is 39.8 Å². The van der Waals surface area contributed by atoms with E-state index in [2.05, 4.69) is 5.32 Å². The van der Waals surface area contributed by atoms with E-state index in [1.54, 1.807) is 17.0 Å². The van der Waals surface area contributed by atoms with E-state index < -0.39 is 17.4 Å². The molecular weight excluding hydrogens is 419 g/mol. The number of halogens is 3. The smallest absolute Gasteiger partial charge is 0.431 e. The summed E-state index contributed by atoms with van der Waals surface area (Å²) in [4.78, 5) is 14.9. The zero-order valence-electron chi connectivity index (χ0n) is 18.9. The van der Waals surface area contributed by atoms with Crippen LogP contribution in [0, 0.1) is 6.92 Å². The van der Waals surface area contributed by atoms with Gasteiger partial charge in [-0.15, -0.1) is 0 Å². The highest BCUT2D eigenvalue weighted by Gasteiger charge is 2.46. The van der Waals surface area contributed by atoms with E-state index in [-0.39, 0.29) is 24.6 Å². The molecular formula is C24H30F3N3O2. The van der Waals surface area contributed by atoms with E-state index in [1.165, 1.54) is 10.6 Å². The van der Waals surface area contributed by atoms with Crippen LogP contribution in [0.5, 0.6) is 5.75 Å². The molecule has 2 aliphatic rings. The van der Waals surface area contributed by atoms with E-state index in [9.17, 15) is 18.0 Å². The molecule has 1 saturated heterocycles. The number of amides is 1. The van der Waals surface area contributed by atoms with Crippen LogP contribution >= 0.6 is 0 Å². The minimum atomic E-state index is -4.38. The first kappa shape index (κ1) is 22.7. The van der Waals surface area contributed by atoms with Gasteiger partial charge in [0, 0.05) is 36.9 Å². The number of carbonyl (C=O) groups excluding carboxylic acids is 1. The molecule has 5 nitrogen and oxygen atoms in total. The maximum Gasteiger partial charge on any atom is 0.431 e. The number of nitrogens with zero attached hydrogens (tertiary/aromatic N) is 2. The first-order valence-corrected chi connectivity index (χ1v) is 11.1. The fraction of sp³-hybridized carbons (Fsp3) is 0.542. The summed E-state index contributed by atoms with van der Waals surface area (Å²) >= 11 is 0. The first-order valence-electron chi connectivity index (χ1n) is 11.1. The molecule has 0 aliphatic carbocycles. The SMILES string of the molecule is Cc1cc(C(=O)N2CCC3(CC2)N[C@@H](C)Cn2c(C(F)(F)F)ccc23)ccc1OC(C)C. The van der Waals surface area contributed by atoms with Crippen LogP contribution in [-0.2, 0) is 18.3 Å². The highest BCUT2D eigenvalue weighted by molar-refractivity contribution is 5.94. The average molecular weight is 450 g/mol. The number of aromatic nitrogens is 1. The molecule has 1 aromatic heterocycles. The van der Waals surface area contributed by atoms with Crippen molar-refractivity contribution in [2.24, 2.45) is 0 Å². The van der Waals surface area contributed by atoms with Gasteiger partial charge in [-0.05, 0) is 76.4 Å². The van der Waals surface area contributed by atoms with Crippen LogP contribution in [0.2, 0.25) is 0 Å². The Morgan fingerprint density at radius 1 is 1.19 bits per heavy atom. The van der Waals surface area contributed by atoms with E-state index in [4.69, 9.17) is 4.74 Å². The van der Waals surface area contributed by atoms with Crippen LogP contribution in [0.1, 0.15) is 60.9 Å². The van der Waals surface area contributed by atoms with Crippen molar-refractivity contribution < 1.29 is 22.7 Å². The number of piperidine rings is 1. The number of carbonyl (C=O) groups is 1. The highest BCUT2D eigenvalue weighted by Crippen LogP contribution is 2.41. The number of hydrogen-bond donors (Lipinski definition) is 1. The predicted octanol–water partition coefficient (Wildman–Crippen LogP) is 4.73. The summed E-state index contributed by atoms with van der Waals surface area (Å²) in [6.07, 6.45) is -3.19. The molecule has 2 aliphatic heterocycles. The number of hydrogen-bond acceptors (Lipinski definition) is 3. The van der Waals surface area contributed by atoms with Crippen molar-refractivity contribution in [1.29, 1.82) is 0 Å². The summed E-state index contributed by atoms with van der Waals surface area (Å²) in [6.45, 7) is 8.98. The van der Waals surface area contributed by atoms with Crippen LogP contribution in [0.3, 0.4) is 0 Å². The van der Waals surface area contributed by atoms with Gasteiger partial charge in [0.1, 0.15) is 11.4 Å². The van der Waals surface area contributed by atoms with Crippen molar-refractivity contribution in [3.05, 3.63) is 52.8 Å². The van der Waals surface area contributed by atoms with Crippen LogP contribution in [-0.4, -0.2) is 40.6 Å². The largest absolute Gasteiger partial charge is 0.491 e. The zero-order valence-corrected chi connectivity index (χ0v) is 18.9. The molecule has 1 fully saturated rings. The molecule has 1 atom stereocenters. The fourth-order valence-electron chi connectivity index (χ4n) is 5.04. The summed E-state index contributed by atoms with van der Waals surface area (Å²) in [6, 6.07) is 8.12. The monoisotopic (exact) mass is 449 g/mol. The average Bonchev–Trinajstić information content (AvgIpc) is 3.14. The minimum Gasteiger partial charge on any atom is -0.491 e. The normalized spacial score (nSPS) is 20.5. The summed E-state index contributed by atoms with van der Waals surface area (Å²) in [5, 5.41) is 3.54. The van der Waals surface area contributed by atoms with Gasteiger partial charge in [-0.1, -0.05) is 0 Å². The zero-order chi connectivity index (χ0) is 23.3. The molecule has 1 amide bonds. The van der Waals surface area contributed by atoms with Gasteiger partial charge in [-0.3, -0.25) is 4.79 Å². The molecule has 1 spiro atoms. The molecule has 2 aromatic rings. The molecule has 174 valence electrons. The molecule has 1 N–H and O–H groups in total. The Hall–Kier alpha value is -2.48. The van der Waals surface area contributed by atoms with Gasteiger partial charge in [0.2, 0.25) is 0 Å². The Balaban J connectivity index is 1.52. The van der Waals surface area contributed by atoms with Gasteiger partial charge in [0.15, 0.2) is 0 Å². The molecule has 0 bridgehead atoms. The van der Waals surface area contributed by atoms with Gasteiger partial charge >= 0.3 is 6.18 Å². The number of ether oxygens (including phenoxy) is 1. The molecule has 0 unspecified atom stereocenters. The summed E-state index contributed by atoms with van der Waals surface area (Å²) in [5.74, 6) is 0.699. The lowest BCUT2D eigenvalue weighted by molar-refractivity contribution is -0.144. The van der Waals surface area contributed by atoms with Gasteiger partial charge in [-0.2, -0.15) is 13.2 Å². The number of rotatable bonds is 3. The fourth-order valence-corrected chi connectivity index (χ4v) is 5.04. The molecule has 0 radical (unpaired) electrons. The molecule has 4 rings (SSSR count). The number of nitrogens with one attached hydrogen (secondary N) is 1. The van der Waals surface area contributed by atoms with Crippen LogP contribution in [0.15, 0.2) is 30.3 Å². The van der Waals surface area contributed by atoms with Gasteiger partial charge in [0.25, 0.3) is 5.91 Å². The first-order chi connectivity index (χ1) is 15.0. The Morgan fingerprint density at radius 3 is 2.47 bits per heavy atom. The Labute approximate surface area is 186 Å². The number of fused-ring (bicyclic) bond motifs is 2. The van der Waals surface area contributed by atoms with Crippen molar-refractivity contribution in [3.63, 3.8) is 0 Å². The maximum atomic E-state index is 13.5. The molecule has 3 heterocycles. The van der Waals surface area contributed by atoms with Crippen LogP contribution < -0.4 is 10.1 Å². The van der Waals surface area contributed by atoms with Crippen molar-refractivity contribution in [1.82, 2.24) is 14.8 Å². The van der Waals surface area contributed by atoms with Crippen molar-refractivity contribution in [2.45, 2.75) is 70.9 Å². The number of likely N-dealkylation sites (tertiary alicyclic amines) is 1. The number of benzene rings is 1. The topological polar surface area (TPSA) is 46.5 Å². The van der Waals surface area contributed by atoms with Crippen molar-refractivity contribution in [2.75, 3.05) is 13.1 Å². The lowest BCUT2D eigenvalue weighted by atomic mass is 9.82. The molecule has 8 heteroatoms. The third-order valence-electron chi connectivity index (χ3n) is 6.43. The predicted molar refractivity (Wildman–Crippen MR) is 116 cm³/mol.